The summed E-state index contributed by atoms with van der Waals surface area (Å²) in [5.41, 5.74) is 5.02. The molecule has 33 heavy (non-hydrogen) atoms. The molecule has 0 aromatic heterocycles. The van der Waals surface area contributed by atoms with Gasteiger partial charge < -0.3 is 9.47 Å². The van der Waals surface area contributed by atoms with Gasteiger partial charge in [0.25, 0.3) is 0 Å². The van der Waals surface area contributed by atoms with Crippen molar-refractivity contribution < 1.29 is 19.1 Å². The lowest BCUT2D eigenvalue weighted by atomic mass is 9.84. The lowest BCUT2D eigenvalue weighted by Gasteiger charge is -2.24. The third-order valence-corrected chi connectivity index (χ3v) is 6.48. The van der Waals surface area contributed by atoms with Gasteiger partial charge in [-0.2, -0.15) is 0 Å². The Morgan fingerprint density at radius 3 is 1.45 bits per heavy atom. The van der Waals surface area contributed by atoms with Crippen molar-refractivity contribution in [3.63, 3.8) is 0 Å². The molecule has 0 saturated carbocycles. The van der Waals surface area contributed by atoms with Crippen LogP contribution < -0.4 is 0 Å². The van der Waals surface area contributed by atoms with Gasteiger partial charge in [0.2, 0.25) is 0 Å². The van der Waals surface area contributed by atoms with E-state index in [4.69, 9.17) is 9.47 Å². The van der Waals surface area contributed by atoms with Crippen LogP contribution in [0.25, 0.3) is 0 Å². The van der Waals surface area contributed by atoms with Gasteiger partial charge in [-0.1, -0.05) is 86.6 Å². The monoisotopic (exact) mass is 442 g/mol. The van der Waals surface area contributed by atoms with Gasteiger partial charge in [-0.25, -0.2) is 0 Å². The number of rotatable bonds is 8. The van der Waals surface area contributed by atoms with Crippen LogP contribution in [0.2, 0.25) is 0 Å². The Bertz CT molecular complexity index is 1030. The Balaban J connectivity index is 1.60. The Labute approximate surface area is 195 Å². The minimum absolute atomic E-state index is 0.129. The van der Waals surface area contributed by atoms with Crippen molar-refractivity contribution in [1.29, 1.82) is 0 Å². The first-order chi connectivity index (χ1) is 16.1. The Kier molecular flexibility index (Phi) is 6.93. The van der Waals surface area contributed by atoms with Crippen molar-refractivity contribution >= 4 is 11.9 Å². The van der Waals surface area contributed by atoms with E-state index < -0.39 is 17.4 Å². The average molecular weight is 443 g/mol. The Morgan fingerprint density at radius 2 is 1.09 bits per heavy atom. The number of ether oxygens (including phenoxy) is 2. The van der Waals surface area contributed by atoms with Crippen LogP contribution in [0.5, 0.6) is 0 Å². The van der Waals surface area contributed by atoms with Crippen molar-refractivity contribution in [3.8, 4) is 0 Å². The second-order valence-corrected chi connectivity index (χ2v) is 8.66. The Hall–Kier alpha value is -3.40. The topological polar surface area (TPSA) is 52.6 Å². The predicted molar refractivity (Wildman–Crippen MR) is 128 cm³/mol. The summed E-state index contributed by atoms with van der Waals surface area (Å²) in [7, 11) is 0. The first-order valence-corrected chi connectivity index (χ1v) is 11.6. The van der Waals surface area contributed by atoms with E-state index in [0.29, 0.717) is 12.8 Å². The van der Waals surface area contributed by atoms with E-state index in [1.54, 1.807) is 0 Å². The fourth-order valence-electron chi connectivity index (χ4n) is 4.59. The fourth-order valence-corrected chi connectivity index (χ4v) is 4.59. The number of esters is 2. The van der Waals surface area contributed by atoms with Crippen LogP contribution in [0.15, 0.2) is 72.8 Å². The molecule has 0 N–H and O–H groups in total. The molecule has 4 nitrogen and oxygen atoms in total. The van der Waals surface area contributed by atoms with Crippen LogP contribution in [0.4, 0.5) is 0 Å². The first kappa shape index (κ1) is 22.8. The number of carbonyl (C=O) groups excluding carboxylic acids is 2. The van der Waals surface area contributed by atoms with E-state index in [-0.39, 0.29) is 13.2 Å². The highest BCUT2D eigenvalue weighted by molar-refractivity contribution is 6.01. The number of aryl methyl sites for hydroxylation is 2. The molecule has 0 heterocycles. The van der Waals surface area contributed by atoms with Gasteiger partial charge in [0.05, 0.1) is 0 Å². The van der Waals surface area contributed by atoms with Crippen molar-refractivity contribution in [3.05, 3.63) is 106 Å². The summed E-state index contributed by atoms with van der Waals surface area (Å²) in [5, 5.41) is 0. The lowest BCUT2D eigenvalue weighted by Crippen LogP contribution is -2.42. The summed E-state index contributed by atoms with van der Waals surface area (Å²) in [6, 6.07) is 23.3. The smallest absolute Gasteiger partial charge is 0.324 e. The van der Waals surface area contributed by atoms with E-state index in [2.05, 4.69) is 26.0 Å². The SMILES string of the molecule is CCc1cc2c(cc1CC)CC(C(=O)OCc1ccccc1)(C(=O)OCc1ccccc1)C2. The minimum atomic E-state index is -1.36. The van der Waals surface area contributed by atoms with Crippen LogP contribution in [0.1, 0.15) is 47.2 Å². The van der Waals surface area contributed by atoms with Gasteiger partial charge in [0.15, 0.2) is 5.41 Å². The van der Waals surface area contributed by atoms with E-state index in [9.17, 15) is 9.59 Å². The normalized spacial score (nSPS) is 13.9. The van der Waals surface area contributed by atoms with Crippen LogP contribution in [-0.2, 0) is 58.0 Å². The number of carbonyl (C=O) groups is 2. The first-order valence-electron chi connectivity index (χ1n) is 11.6. The molecule has 0 radical (unpaired) electrons. The molecule has 0 amide bonds. The molecule has 1 aliphatic rings. The molecule has 0 bridgehead atoms. The predicted octanol–water partition coefficient (Wildman–Crippen LogP) is 5.38. The maximum atomic E-state index is 13.4. The summed E-state index contributed by atoms with van der Waals surface area (Å²) in [6.07, 6.45) is 2.45. The number of hydrogen-bond donors (Lipinski definition) is 0. The molecule has 0 unspecified atom stereocenters. The molecule has 0 saturated heterocycles. The third kappa shape index (κ3) is 4.85. The number of fused-ring (bicyclic) bond motifs is 1. The molecule has 0 spiro atoms. The summed E-state index contributed by atoms with van der Waals surface area (Å²) < 4.78 is 11.4. The van der Waals surface area contributed by atoms with Gasteiger partial charge in [-0.15, -0.1) is 0 Å². The average Bonchev–Trinajstić information content (AvgIpc) is 3.26. The van der Waals surface area contributed by atoms with Crippen LogP contribution in [0.3, 0.4) is 0 Å². The van der Waals surface area contributed by atoms with E-state index in [1.165, 1.54) is 11.1 Å². The zero-order valence-corrected chi connectivity index (χ0v) is 19.3. The maximum Gasteiger partial charge on any atom is 0.324 e. The Morgan fingerprint density at radius 1 is 0.697 bits per heavy atom. The van der Waals surface area contributed by atoms with Gasteiger partial charge in [-0.3, -0.25) is 9.59 Å². The van der Waals surface area contributed by atoms with E-state index in [0.717, 1.165) is 35.1 Å². The van der Waals surface area contributed by atoms with Crippen molar-refractivity contribution in [1.82, 2.24) is 0 Å². The number of benzene rings is 3. The molecule has 0 aliphatic heterocycles. The summed E-state index contributed by atoms with van der Waals surface area (Å²) >= 11 is 0. The molecule has 0 atom stereocenters. The fraction of sp³-hybridized carbons (Fsp3) is 0.310. The lowest BCUT2D eigenvalue weighted by molar-refractivity contribution is -0.173. The highest BCUT2D eigenvalue weighted by Gasteiger charge is 2.53. The zero-order chi connectivity index (χ0) is 23.3. The van der Waals surface area contributed by atoms with Crippen LogP contribution in [-0.4, -0.2) is 11.9 Å². The van der Waals surface area contributed by atoms with Crippen LogP contribution in [0, 0.1) is 5.41 Å². The highest BCUT2D eigenvalue weighted by Crippen LogP contribution is 2.41. The van der Waals surface area contributed by atoms with Crippen molar-refractivity contribution in [2.75, 3.05) is 0 Å². The third-order valence-electron chi connectivity index (χ3n) is 6.48. The minimum Gasteiger partial charge on any atom is -0.460 e. The van der Waals surface area contributed by atoms with Crippen molar-refractivity contribution in [2.45, 2.75) is 52.7 Å². The van der Waals surface area contributed by atoms with Gasteiger partial charge >= 0.3 is 11.9 Å². The molecule has 1 aliphatic carbocycles. The second kappa shape index (κ2) is 10.0. The molecule has 4 rings (SSSR count). The van der Waals surface area contributed by atoms with E-state index >= 15 is 0 Å². The standard InChI is InChI=1S/C29H30O4/c1-3-23-15-25-17-29(18-26(25)16-24(23)4-2,27(30)32-19-21-11-7-5-8-12-21)28(31)33-20-22-13-9-6-10-14-22/h5-16H,3-4,17-20H2,1-2H3. The summed E-state index contributed by atoms with van der Waals surface area (Å²) in [4.78, 5) is 26.9. The van der Waals surface area contributed by atoms with Gasteiger partial charge in [-0.05, 0) is 59.1 Å². The molecular weight excluding hydrogens is 412 g/mol. The second-order valence-electron chi connectivity index (χ2n) is 8.66. The molecule has 4 heteroatoms. The van der Waals surface area contributed by atoms with Crippen LogP contribution >= 0.6 is 0 Å². The quantitative estimate of drug-likeness (QED) is 0.347. The highest BCUT2D eigenvalue weighted by atomic mass is 16.6. The molecule has 3 aromatic carbocycles. The molecule has 0 fully saturated rings. The molecule has 3 aromatic rings. The molecule has 170 valence electrons. The summed E-state index contributed by atoms with van der Waals surface area (Å²) in [5.74, 6) is -1.03. The maximum absolute atomic E-state index is 13.4. The molecular formula is C29H30O4. The summed E-state index contributed by atoms with van der Waals surface area (Å²) in [6.45, 7) is 4.52. The van der Waals surface area contributed by atoms with Gasteiger partial charge in [0.1, 0.15) is 13.2 Å². The van der Waals surface area contributed by atoms with Gasteiger partial charge in [0, 0.05) is 0 Å². The number of hydrogen-bond acceptors (Lipinski definition) is 4. The van der Waals surface area contributed by atoms with Crippen molar-refractivity contribution in [2.24, 2.45) is 5.41 Å². The van der Waals surface area contributed by atoms with E-state index in [1.807, 2.05) is 60.7 Å². The zero-order valence-electron chi connectivity index (χ0n) is 19.3. The largest absolute Gasteiger partial charge is 0.460 e.